The van der Waals surface area contributed by atoms with E-state index >= 15 is 0 Å². The number of anilines is 3. The predicted molar refractivity (Wildman–Crippen MR) is 127 cm³/mol. The first-order valence-electron chi connectivity index (χ1n) is 10.9. The standard InChI is InChI=1S/C23H32FN7O/c1-5-8-31-20-7-6-16(10-15(20)12-27-31)28-22-17(21(26)32)11-18(24)23(30-22)29-19(14(4)25)9-13(2)3/h6-7,10-14,19H,5,8-9,25H2,1-4H3,(H2,26,32)(H2,28,29,30)/t14-,19+/m0/s1. The first kappa shape index (κ1) is 23.5. The van der Waals surface area contributed by atoms with Crippen LogP contribution in [0.4, 0.5) is 21.7 Å². The highest BCUT2D eigenvalue weighted by Crippen LogP contribution is 2.27. The Hall–Kier alpha value is -3.20. The molecule has 2 heterocycles. The third-order valence-electron chi connectivity index (χ3n) is 5.26. The molecule has 0 saturated heterocycles. The van der Waals surface area contributed by atoms with Crippen molar-refractivity contribution in [2.45, 2.75) is 59.2 Å². The molecule has 3 aromatic rings. The van der Waals surface area contributed by atoms with Crippen molar-refractivity contribution in [3.63, 3.8) is 0 Å². The Morgan fingerprint density at radius 2 is 1.97 bits per heavy atom. The number of primary amides is 1. The summed E-state index contributed by atoms with van der Waals surface area (Å²) >= 11 is 0. The molecular formula is C23H32FN7O. The summed E-state index contributed by atoms with van der Waals surface area (Å²) in [7, 11) is 0. The molecule has 172 valence electrons. The van der Waals surface area contributed by atoms with Crippen LogP contribution in [0.5, 0.6) is 0 Å². The summed E-state index contributed by atoms with van der Waals surface area (Å²) in [6, 6.07) is 6.43. The van der Waals surface area contributed by atoms with Gasteiger partial charge < -0.3 is 22.1 Å². The third-order valence-corrected chi connectivity index (χ3v) is 5.26. The zero-order valence-corrected chi connectivity index (χ0v) is 19.0. The number of aryl methyl sites for hydroxylation is 1. The summed E-state index contributed by atoms with van der Waals surface area (Å²) in [5, 5.41) is 11.6. The monoisotopic (exact) mass is 441 g/mol. The molecule has 0 aliphatic rings. The Morgan fingerprint density at radius 1 is 1.22 bits per heavy atom. The summed E-state index contributed by atoms with van der Waals surface area (Å²) in [4.78, 5) is 16.3. The molecule has 0 aliphatic carbocycles. The Kier molecular flexibility index (Phi) is 7.29. The van der Waals surface area contributed by atoms with E-state index in [9.17, 15) is 9.18 Å². The zero-order chi connectivity index (χ0) is 23.4. The number of benzene rings is 1. The van der Waals surface area contributed by atoms with Crippen LogP contribution in [0.25, 0.3) is 10.9 Å². The van der Waals surface area contributed by atoms with E-state index in [0.29, 0.717) is 11.6 Å². The summed E-state index contributed by atoms with van der Waals surface area (Å²) in [6.45, 7) is 8.93. The van der Waals surface area contributed by atoms with Gasteiger partial charge in [0.05, 0.1) is 17.3 Å². The topological polar surface area (TPSA) is 124 Å². The van der Waals surface area contributed by atoms with Gasteiger partial charge in [0.2, 0.25) is 0 Å². The van der Waals surface area contributed by atoms with Crippen LogP contribution in [0.3, 0.4) is 0 Å². The van der Waals surface area contributed by atoms with Crippen molar-refractivity contribution in [3.05, 3.63) is 41.8 Å². The first-order chi connectivity index (χ1) is 15.2. The van der Waals surface area contributed by atoms with Gasteiger partial charge in [0.25, 0.3) is 5.91 Å². The van der Waals surface area contributed by atoms with E-state index in [0.717, 1.165) is 36.4 Å². The number of rotatable bonds is 10. The molecule has 9 heteroatoms. The zero-order valence-electron chi connectivity index (χ0n) is 19.0. The fourth-order valence-corrected chi connectivity index (χ4v) is 3.65. The molecule has 0 radical (unpaired) electrons. The number of fused-ring (bicyclic) bond motifs is 1. The van der Waals surface area contributed by atoms with Gasteiger partial charge in [-0.15, -0.1) is 0 Å². The Morgan fingerprint density at radius 3 is 2.59 bits per heavy atom. The van der Waals surface area contributed by atoms with Gasteiger partial charge in [0, 0.05) is 29.7 Å². The van der Waals surface area contributed by atoms with Crippen molar-refractivity contribution in [2.24, 2.45) is 17.4 Å². The molecule has 0 spiro atoms. The Bertz CT molecular complexity index is 1090. The maximum Gasteiger partial charge on any atom is 0.252 e. The number of amides is 1. The van der Waals surface area contributed by atoms with Crippen LogP contribution in [0.2, 0.25) is 0 Å². The van der Waals surface area contributed by atoms with Crippen LogP contribution in [0, 0.1) is 11.7 Å². The van der Waals surface area contributed by atoms with E-state index in [2.05, 4.69) is 41.5 Å². The first-order valence-corrected chi connectivity index (χ1v) is 10.9. The fraction of sp³-hybridized carbons (Fsp3) is 0.435. The quantitative estimate of drug-likeness (QED) is 0.377. The lowest BCUT2D eigenvalue weighted by Gasteiger charge is -2.25. The lowest BCUT2D eigenvalue weighted by Crippen LogP contribution is -2.39. The number of carbonyl (C=O) groups is 1. The summed E-state index contributed by atoms with van der Waals surface area (Å²) in [6.07, 6.45) is 3.51. The van der Waals surface area contributed by atoms with Crippen molar-refractivity contribution in [2.75, 3.05) is 10.6 Å². The van der Waals surface area contributed by atoms with E-state index in [1.807, 2.05) is 29.8 Å². The highest BCUT2D eigenvalue weighted by atomic mass is 19.1. The lowest BCUT2D eigenvalue weighted by atomic mass is 9.99. The molecule has 0 fully saturated rings. The number of nitrogens with zero attached hydrogens (tertiary/aromatic N) is 3. The lowest BCUT2D eigenvalue weighted by molar-refractivity contribution is 0.100. The van der Waals surface area contributed by atoms with Crippen molar-refractivity contribution >= 4 is 34.1 Å². The van der Waals surface area contributed by atoms with E-state index in [4.69, 9.17) is 11.5 Å². The molecule has 0 saturated carbocycles. The maximum absolute atomic E-state index is 14.8. The van der Waals surface area contributed by atoms with Crippen molar-refractivity contribution in [3.8, 4) is 0 Å². The summed E-state index contributed by atoms with van der Waals surface area (Å²) < 4.78 is 16.7. The van der Waals surface area contributed by atoms with E-state index in [1.54, 1.807) is 6.20 Å². The van der Waals surface area contributed by atoms with Crippen LogP contribution in [0.1, 0.15) is 50.9 Å². The van der Waals surface area contributed by atoms with E-state index in [1.165, 1.54) is 0 Å². The Balaban J connectivity index is 1.95. The average Bonchev–Trinajstić information content (AvgIpc) is 3.11. The second-order valence-corrected chi connectivity index (χ2v) is 8.59. The SMILES string of the molecule is CCCn1ncc2cc(Nc3nc(N[C@H](CC(C)C)[C@H](C)N)c(F)cc3C(N)=O)ccc21. The molecule has 2 atom stereocenters. The van der Waals surface area contributed by atoms with E-state index < -0.39 is 11.7 Å². The van der Waals surface area contributed by atoms with Gasteiger partial charge in [-0.05, 0) is 49.9 Å². The van der Waals surface area contributed by atoms with Gasteiger partial charge in [-0.2, -0.15) is 5.10 Å². The molecule has 3 rings (SSSR count). The summed E-state index contributed by atoms with van der Waals surface area (Å²) in [5.74, 6) is -0.861. The smallest absolute Gasteiger partial charge is 0.252 e. The minimum Gasteiger partial charge on any atom is -0.365 e. The number of nitrogens with two attached hydrogens (primary N) is 2. The molecule has 1 amide bonds. The van der Waals surface area contributed by atoms with Crippen LogP contribution in [-0.2, 0) is 6.54 Å². The molecule has 8 nitrogen and oxygen atoms in total. The fourth-order valence-electron chi connectivity index (χ4n) is 3.65. The molecule has 2 aromatic heterocycles. The number of hydrogen-bond donors (Lipinski definition) is 4. The molecule has 0 unspecified atom stereocenters. The maximum atomic E-state index is 14.8. The van der Waals surface area contributed by atoms with Gasteiger partial charge in [-0.3, -0.25) is 9.48 Å². The molecule has 6 N–H and O–H groups in total. The number of halogens is 1. The number of aromatic nitrogens is 3. The highest BCUT2D eigenvalue weighted by molar-refractivity contribution is 5.99. The third kappa shape index (κ3) is 5.34. The number of carbonyl (C=O) groups excluding carboxylic acids is 1. The van der Waals surface area contributed by atoms with Crippen molar-refractivity contribution < 1.29 is 9.18 Å². The summed E-state index contributed by atoms with van der Waals surface area (Å²) in [5.41, 5.74) is 13.2. The number of pyridine rings is 1. The second-order valence-electron chi connectivity index (χ2n) is 8.59. The molecule has 1 aromatic carbocycles. The normalized spacial score (nSPS) is 13.3. The second kappa shape index (κ2) is 9.95. The van der Waals surface area contributed by atoms with Crippen LogP contribution in [0.15, 0.2) is 30.5 Å². The minimum atomic E-state index is -0.770. The van der Waals surface area contributed by atoms with Gasteiger partial charge in [0.1, 0.15) is 5.82 Å². The molecular weight excluding hydrogens is 409 g/mol. The molecule has 0 aliphatic heterocycles. The van der Waals surface area contributed by atoms with E-state index in [-0.39, 0.29) is 29.3 Å². The molecule has 0 bridgehead atoms. The molecule has 32 heavy (non-hydrogen) atoms. The van der Waals surface area contributed by atoms with Crippen LogP contribution < -0.4 is 22.1 Å². The predicted octanol–water partition coefficient (Wildman–Crippen LogP) is 4.00. The minimum absolute atomic E-state index is 0.0253. The van der Waals surface area contributed by atoms with Crippen molar-refractivity contribution in [1.29, 1.82) is 0 Å². The van der Waals surface area contributed by atoms with Crippen molar-refractivity contribution in [1.82, 2.24) is 14.8 Å². The largest absolute Gasteiger partial charge is 0.365 e. The number of hydrogen-bond acceptors (Lipinski definition) is 6. The van der Waals surface area contributed by atoms with Crippen LogP contribution >= 0.6 is 0 Å². The Labute approximate surface area is 187 Å². The number of nitrogens with one attached hydrogen (secondary N) is 2. The van der Waals surface area contributed by atoms with Crippen LogP contribution in [-0.4, -0.2) is 32.8 Å². The van der Waals surface area contributed by atoms with Gasteiger partial charge in [-0.1, -0.05) is 20.8 Å². The van der Waals surface area contributed by atoms with Gasteiger partial charge in [-0.25, -0.2) is 9.37 Å². The van der Waals surface area contributed by atoms with Gasteiger partial charge >= 0.3 is 0 Å². The average molecular weight is 442 g/mol. The van der Waals surface area contributed by atoms with Gasteiger partial charge in [0.15, 0.2) is 11.6 Å². The highest BCUT2D eigenvalue weighted by Gasteiger charge is 2.21.